The van der Waals surface area contributed by atoms with Gasteiger partial charge in [-0.3, -0.25) is 9.59 Å². The van der Waals surface area contributed by atoms with E-state index in [4.69, 9.17) is 5.73 Å². The molecule has 4 heteroatoms. The maximum Gasteiger partial charge on any atom is 0.241 e. The number of benzene rings is 2. The molecular formula is C17H18N2O2. The average Bonchev–Trinajstić information content (AvgIpc) is 2.54. The van der Waals surface area contributed by atoms with Gasteiger partial charge in [-0.1, -0.05) is 48.5 Å². The summed E-state index contributed by atoms with van der Waals surface area (Å²) in [4.78, 5) is 23.9. The number of nitrogens with two attached hydrogens (primary N) is 1. The van der Waals surface area contributed by atoms with Gasteiger partial charge in [-0.05, 0) is 18.6 Å². The molecule has 0 fully saturated rings. The van der Waals surface area contributed by atoms with Gasteiger partial charge in [0.1, 0.15) is 0 Å². The molecule has 1 unspecified atom stereocenters. The molecule has 0 saturated carbocycles. The van der Waals surface area contributed by atoms with Crippen molar-refractivity contribution in [2.24, 2.45) is 5.73 Å². The van der Waals surface area contributed by atoms with Gasteiger partial charge < -0.3 is 11.1 Å². The zero-order valence-corrected chi connectivity index (χ0v) is 11.7. The first-order valence-corrected chi connectivity index (χ1v) is 6.86. The van der Waals surface area contributed by atoms with E-state index in [1.54, 1.807) is 24.3 Å². The van der Waals surface area contributed by atoms with E-state index in [9.17, 15) is 9.59 Å². The minimum Gasteiger partial charge on any atom is -0.325 e. The quantitative estimate of drug-likeness (QED) is 0.800. The summed E-state index contributed by atoms with van der Waals surface area (Å²) < 4.78 is 0. The van der Waals surface area contributed by atoms with Crippen LogP contribution in [-0.4, -0.2) is 17.7 Å². The van der Waals surface area contributed by atoms with E-state index in [0.717, 1.165) is 0 Å². The van der Waals surface area contributed by atoms with Gasteiger partial charge in [0.05, 0.1) is 6.04 Å². The van der Waals surface area contributed by atoms with Crippen molar-refractivity contribution in [2.75, 3.05) is 5.32 Å². The molecule has 0 bridgehead atoms. The van der Waals surface area contributed by atoms with Crippen LogP contribution in [0.2, 0.25) is 0 Å². The molecule has 0 aromatic heterocycles. The van der Waals surface area contributed by atoms with E-state index in [2.05, 4.69) is 5.32 Å². The van der Waals surface area contributed by atoms with Gasteiger partial charge in [-0.2, -0.15) is 0 Å². The van der Waals surface area contributed by atoms with Crippen molar-refractivity contribution in [3.8, 4) is 0 Å². The Balaban J connectivity index is 1.83. The second kappa shape index (κ2) is 7.36. The van der Waals surface area contributed by atoms with Gasteiger partial charge in [0.2, 0.25) is 5.91 Å². The molecule has 0 heterocycles. The number of carbonyl (C=O) groups excluding carboxylic acids is 2. The Morgan fingerprint density at radius 3 is 2.14 bits per heavy atom. The molecule has 0 aliphatic rings. The van der Waals surface area contributed by atoms with E-state index in [1.807, 2.05) is 36.4 Å². The van der Waals surface area contributed by atoms with Crippen LogP contribution in [0.3, 0.4) is 0 Å². The number of carbonyl (C=O) groups is 2. The lowest BCUT2D eigenvalue weighted by atomic mass is 10.0. The highest BCUT2D eigenvalue weighted by Crippen LogP contribution is 2.09. The third-order valence-corrected chi connectivity index (χ3v) is 3.16. The summed E-state index contributed by atoms with van der Waals surface area (Å²) >= 11 is 0. The topological polar surface area (TPSA) is 72.2 Å². The lowest BCUT2D eigenvalue weighted by molar-refractivity contribution is -0.117. The first-order chi connectivity index (χ1) is 10.2. The number of ketones is 1. The summed E-state index contributed by atoms with van der Waals surface area (Å²) in [6.45, 7) is 0. The van der Waals surface area contributed by atoms with E-state index >= 15 is 0 Å². The highest BCUT2D eigenvalue weighted by Gasteiger charge is 2.15. The van der Waals surface area contributed by atoms with E-state index in [0.29, 0.717) is 17.7 Å². The van der Waals surface area contributed by atoms with Crippen molar-refractivity contribution in [3.63, 3.8) is 0 Å². The Labute approximate surface area is 124 Å². The number of Topliss-reactive ketones (excluding diaryl/α,β-unsaturated/α-hetero) is 1. The molecule has 2 aromatic carbocycles. The molecule has 0 radical (unpaired) electrons. The number of amides is 1. The molecule has 1 amide bonds. The minimum atomic E-state index is -0.696. The van der Waals surface area contributed by atoms with Crippen LogP contribution in [0, 0.1) is 0 Å². The normalized spacial score (nSPS) is 11.7. The van der Waals surface area contributed by atoms with Crippen LogP contribution in [0.15, 0.2) is 60.7 Å². The molecule has 2 aromatic rings. The highest BCUT2D eigenvalue weighted by atomic mass is 16.2. The summed E-state index contributed by atoms with van der Waals surface area (Å²) in [6.07, 6.45) is 0.583. The number of rotatable bonds is 6. The summed E-state index contributed by atoms with van der Waals surface area (Å²) in [5.74, 6) is -0.277. The zero-order valence-electron chi connectivity index (χ0n) is 11.7. The largest absolute Gasteiger partial charge is 0.325 e. The number of anilines is 1. The molecule has 4 nitrogen and oxygen atoms in total. The van der Waals surface area contributed by atoms with Gasteiger partial charge >= 0.3 is 0 Å². The fourth-order valence-electron chi connectivity index (χ4n) is 1.94. The highest BCUT2D eigenvalue weighted by molar-refractivity contribution is 5.98. The van der Waals surface area contributed by atoms with Gasteiger partial charge in [-0.25, -0.2) is 0 Å². The third-order valence-electron chi connectivity index (χ3n) is 3.16. The smallest absolute Gasteiger partial charge is 0.241 e. The van der Waals surface area contributed by atoms with Gasteiger partial charge in [0.25, 0.3) is 0 Å². The SMILES string of the molecule is NC(CCC(=O)c1ccccc1)C(=O)Nc1ccccc1. The number of hydrogen-bond acceptors (Lipinski definition) is 3. The van der Waals surface area contributed by atoms with Gasteiger partial charge in [0.15, 0.2) is 5.78 Å². The van der Waals surface area contributed by atoms with E-state index in [-0.39, 0.29) is 18.1 Å². The lowest BCUT2D eigenvalue weighted by Crippen LogP contribution is -2.36. The van der Waals surface area contributed by atoms with Crippen LogP contribution in [0.1, 0.15) is 23.2 Å². The average molecular weight is 282 g/mol. The molecule has 0 aliphatic heterocycles. The van der Waals surface area contributed by atoms with Crippen molar-refractivity contribution < 1.29 is 9.59 Å². The van der Waals surface area contributed by atoms with Crippen molar-refractivity contribution in [3.05, 3.63) is 66.2 Å². The predicted molar refractivity (Wildman–Crippen MR) is 83.1 cm³/mol. The molecule has 0 spiro atoms. The summed E-state index contributed by atoms with van der Waals surface area (Å²) in [5, 5.41) is 2.73. The molecule has 3 N–H and O–H groups in total. The second-order valence-electron chi connectivity index (χ2n) is 4.79. The van der Waals surface area contributed by atoms with Crippen LogP contribution in [0.25, 0.3) is 0 Å². The minimum absolute atomic E-state index is 0.00133. The van der Waals surface area contributed by atoms with Crippen LogP contribution >= 0.6 is 0 Å². The predicted octanol–water partition coefficient (Wildman–Crippen LogP) is 2.62. The van der Waals surface area contributed by atoms with Crippen LogP contribution in [0.5, 0.6) is 0 Å². The molecule has 2 rings (SSSR count). The fourth-order valence-corrected chi connectivity index (χ4v) is 1.94. The Hall–Kier alpha value is -2.46. The Morgan fingerprint density at radius 2 is 1.52 bits per heavy atom. The first kappa shape index (κ1) is 14.9. The maximum absolute atomic E-state index is 11.9. The van der Waals surface area contributed by atoms with E-state index in [1.165, 1.54) is 0 Å². The Kier molecular flexibility index (Phi) is 5.23. The third kappa shape index (κ3) is 4.54. The molecule has 108 valence electrons. The Bertz CT molecular complexity index is 597. The van der Waals surface area contributed by atoms with Crippen LogP contribution in [-0.2, 0) is 4.79 Å². The van der Waals surface area contributed by atoms with Crippen LogP contribution < -0.4 is 11.1 Å². The van der Waals surface area contributed by atoms with Crippen molar-refractivity contribution in [2.45, 2.75) is 18.9 Å². The number of hydrogen-bond donors (Lipinski definition) is 2. The monoisotopic (exact) mass is 282 g/mol. The summed E-state index contributed by atoms with van der Waals surface area (Å²) in [5.41, 5.74) is 7.17. The molecule has 0 aliphatic carbocycles. The summed E-state index contributed by atoms with van der Waals surface area (Å²) in [6, 6.07) is 17.4. The van der Waals surface area contributed by atoms with Crippen LogP contribution in [0.4, 0.5) is 5.69 Å². The van der Waals surface area contributed by atoms with Crippen molar-refractivity contribution in [1.82, 2.24) is 0 Å². The van der Waals surface area contributed by atoms with Gasteiger partial charge in [-0.15, -0.1) is 0 Å². The number of nitrogens with one attached hydrogen (secondary N) is 1. The molecule has 21 heavy (non-hydrogen) atoms. The number of para-hydroxylation sites is 1. The fraction of sp³-hybridized carbons (Fsp3) is 0.176. The molecule has 1 atom stereocenters. The molecule has 0 saturated heterocycles. The van der Waals surface area contributed by atoms with Crippen molar-refractivity contribution >= 4 is 17.4 Å². The first-order valence-electron chi connectivity index (χ1n) is 6.86. The Morgan fingerprint density at radius 1 is 0.952 bits per heavy atom. The standard InChI is InChI=1S/C17H18N2O2/c18-15(17(21)19-14-9-5-2-6-10-14)11-12-16(20)13-7-3-1-4-8-13/h1-10,15H,11-12,18H2,(H,19,21). The lowest BCUT2D eigenvalue weighted by Gasteiger charge is -2.11. The summed E-state index contributed by atoms with van der Waals surface area (Å²) in [7, 11) is 0. The van der Waals surface area contributed by atoms with Gasteiger partial charge in [0, 0.05) is 17.7 Å². The maximum atomic E-state index is 11.9. The van der Waals surface area contributed by atoms with Crippen molar-refractivity contribution in [1.29, 1.82) is 0 Å². The van der Waals surface area contributed by atoms with E-state index < -0.39 is 6.04 Å². The molecular weight excluding hydrogens is 264 g/mol. The zero-order chi connectivity index (χ0) is 15.1. The second-order valence-corrected chi connectivity index (χ2v) is 4.79.